The largest absolute Gasteiger partial charge is 0.0583 e. The van der Waals surface area contributed by atoms with Crippen molar-refractivity contribution in [1.82, 2.24) is 0 Å². The monoisotopic (exact) mass is 245 g/mol. The lowest BCUT2D eigenvalue weighted by molar-refractivity contribution is 1.39. The Balaban J connectivity index is 2.88. The van der Waals surface area contributed by atoms with Crippen molar-refractivity contribution in [1.29, 1.82) is 0 Å². The van der Waals surface area contributed by atoms with Gasteiger partial charge in [0.1, 0.15) is 0 Å². The van der Waals surface area contributed by atoms with Gasteiger partial charge in [-0.15, -0.1) is 0 Å². The summed E-state index contributed by atoms with van der Waals surface area (Å²) >= 11 is 2.30. The number of hydrogen-bond donors (Lipinski definition) is 0. The average Bonchev–Trinajstić information content (AvgIpc) is 1.90. The van der Waals surface area contributed by atoms with E-state index in [4.69, 9.17) is 0 Å². The topological polar surface area (TPSA) is 0 Å². The predicted octanol–water partition coefficient (Wildman–Crippen LogP) is 1.96. The summed E-state index contributed by atoms with van der Waals surface area (Å²) in [6, 6.07) is 9.40. The molecule has 0 aromatic heterocycles. The van der Waals surface area contributed by atoms with Gasteiger partial charge >= 0.3 is 0 Å². The SMILES string of the molecule is [Si]Cc1ccc(I)cc1. The number of hydrogen-bond acceptors (Lipinski definition) is 0. The van der Waals surface area contributed by atoms with Crippen LogP contribution in [0.4, 0.5) is 0 Å². The Bertz CT molecular complexity index is 181. The van der Waals surface area contributed by atoms with Crippen LogP contribution >= 0.6 is 22.6 Å². The van der Waals surface area contributed by atoms with Gasteiger partial charge in [0.2, 0.25) is 0 Å². The van der Waals surface area contributed by atoms with Crippen molar-refractivity contribution in [3.63, 3.8) is 0 Å². The Hall–Kier alpha value is 0.167. The number of benzene rings is 1. The zero-order valence-electron chi connectivity index (χ0n) is 4.89. The van der Waals surface area contributed by atoms with Crippen molar-refractivity contribution in [3.8, 4) is 0 Å². The molecule has 0 amide bonds. The van der Waals surface area contributed by atoms with E-state index in [1.165, 1.54) is 9.13 Å². The molecule has 0 unspecified atom stereocenters. The van der Waals surface area contributed by atoms with E-state index < -0.39 is 0 Å². The van der Waals surface area contributed by atoms with Crippen LogP contribution in [-0.2, 0) is 6.04 Å². The van der Waals surface area contributed by atoms with E-state index in [9.17, 15) is 0 Å². The highest BCUT2D eigenvalue weighted by atomic mass is 127. The summed E-state index contributed by atoms with van der Waals surface area (Å²) in [6.45, 7) is 0. The van der Waals surface area contributed by atoms with E-state index in [2.05, 4.69) is 57.1 Å². The second-order valence-electron chi connectivity index (χ2n) is 1.80. The average molecular weight is 245 g/mol. The van der Waals surface area contributed by atoms with Crippen molar-refractivity contribution in [2.75, 3.05) is 0 Å². The second-order valence-corrected chi connectivity index (χ2v) is 3.40. The predicted molar refractivity (Wildman–Crippen MR) is 48.6 cm³/mol. The third kappa shape index (κ3) is 2.10. The lowest BCUT2D eigenvalue weighted by atomic mass is 10.2. The molecule has 0 aliphatic heterocycles. The molecule has 0 saturated heterocycles. The zero-order valence-corrected chi connectivity index (χ0v) is 8.05. The molecule has 1 rings (SSSR count). The van der Waals surface area contributed by atoms with Crippen molar-refractivity contribution in [3.05, 3.63) is 33.4 Å². The van der Waals surface area contributed by atoms with Crippen molar-refractivity contribution in [2.24, 2.45) is 0 Å². The Kier molecular flexibility index (Phi) is 2.72. The minimum absolute atomic E-state index is 0.941. The Morgan fingerprint density at radius 3 is 2.22 bits per heavy atom. The summed E-state index contributed by atoms with van der Waals surface area (Å²) in [5.74, 6) is 0. The molecule has 1 aromatic rings. The smallest absolute Gasteiger partial charge is 0.0283 e. The van der Waals surface area contributed by atoms with Crippen LogP contribution in [0.1, 0.15) is 5.56 Å². The van der Waals surface area contributed by atoms with E-state index in [-0.39, 0.29) is 0 Å². The van der Waals surface area contributed by atoms with Crippen molar-refractivity contribution in [2.45, 2.75) is 6.04 Å². The molecule has 3 radical (unpaired) electrons. The first kappa shape index (κ1) is 7.28. The second kappa shape index (κ2) is 3.36. The molecule has 2 heteroatoms. The van der Waals surface area contributed by atoms with Gasteiger partial charge in [0.05, 0.1) is 0 Å². The van der Waals surface area contributed by atoms with Gasteiger partial charge in [0.15, 0.2) is 0 Å². The fraction of sp³-hybridized carbons (Fsp3) is 0.143. The summed E-state index contributed by atoms with van der Waals surface area (Å²) in [7, 11) is 3.42. The van der Waals surface area contributed by atoms with Gasteiger partial charge in [-0.25, -0.2) is 0 Å². The summed E-state index contributed by atoms with van der Waals surface area (Å²) in [5, 5.41) is 0. The summed E-state index contributed by atoms with van der Waals surface area (Å²) < 4.78 is 1.29. The van der Waals surface area contributed by atoms with Gasteiger partial charge in [-0.2, -0.15) is 0 Å². The van der Waals surface area contributed by atoms with Gasteiger partial charge in [0, 0.05) is 13.8 Å². The fourth-order valence-corrected chi connectivity index (χ4v) is 1.20. The highest BCUT2D eigenvalue weighted by Crippen LogP contribution is 2.05. The Morgan fingerprint density at radius 1 is 1.22 bits per heavy atom. The fourth-order valence-electron chi connectivity index (χ4n) is 0.602. The molecule has 0 N–H and O–H groups in total. The lowest BCUT2D eigenvalue weighted by Crippen LogP contribution is -1.81. The Labute approximate surface area is 72.2 Å². The van der Waals surface area contributed by atoms with Crippen LogP contribution in [0.2, 0.25) is 0 Å². The standard InChI is InChI=1S/C7H6ISi/c8-7-3-1-6(5-9)2-4-7/h1-4H,5H2. The van der Waals surface area contributed by atoms with Gasteiger partial charge in [0.25, 0.3) is 0 Å². The zero-order chi connectivity index (χ0) is 6.69. The molecule has 0 aliphatic rings. The summed E-state index contributed by atoms with van der Waals surface area (Å²) in [6.07, 6.45) is 0. The normalized spacial score (nSPS) is 9.56. The van der Waals surface area contributed by atoms with Crippen LogP contribution in [0.5, 0.6) is 0 Å². The first-order chi connectivity index (χ1) is 4.33. The molecule has 1 aromatic carbocycles. The van der Waals surface area contributed by atoms with Gasteiger partial charge in [-0.1, -0.05) is 17.7 Å². The number of rotatable bonds is 1. The maximum absolute atomic E-state index is 3.42. The molecule has 0 fully saturated rings. The van der Waals surface area contributed by atoms with Crippen LogP contribution in [-0.4, -0.2) is 10.2 Å². The van der Waals surface area contributed by atoms with Gasteiger partial charge in [-0.3, -0.25) is 0 Å². The van der Waals surface area contributed by atoms with Gasteiger partial charge < -0.3 is 0 Å². The molecule has 0 saturated carbocycles. The Morgan fingerprint density at radius 2 is 1.78 bits per heavy atom. The minimum Gasteiger partial charge on any atom is -0.0583 e. The third-order valence-corrected chi connectivity index (χ3v) is 2.24. The van der Waals surface area contributed by atoms with Crippen molar-refractivity contribution < 1.29 is 0 Å². The molecule has 0 aliphatic carbocycles. The lowest BCUT2D eigenvalue weighted by Gasteiger charge is -1.93. The highest BCUT2D eigenvalue weighted by molar-refractivity contribution is 14.1. The molecule has 0 nitrogen and oxygen atoms in total. The van der Waals surface area contributed by atoms with E-state index in [0.29, 0.717) is 0 Å². The summed E-state index contributed by atoms with van der Waals surface area (Å²) in [5.41, 5.74) is 1.33. The van der Waals surface area contributed by atoms with Crippen molar-refractivity contribution >= 4 is 32.8 Å². The van der Waals surface area contributed by atoms with E-state index in [0.717, 1.165) is 6.04 Å². The molecule has 0 bridgehead atoms. The van der Waals surface area contributed by atoms with E-state index >= 15 is 0 Å². The minimum atomic E-state index is 0.941. The van der Waals surface area contributed by atoms with E-state index in [1.807, 2.05) is 0 Å². The number of halogens is 1. The van der Waals surface area contributed by atoms with Crippen LogP contribution in [0.15, 0.2) is 24.3 Å². The highest BCUT2D eigenvalue weighted by Gasteiger charge is 1.86. The first-order valence-electron chi connectivity index (χ1n) is 2.72. The molecular weight excluding hydrogens is 239 g/mol. The van der Waals surface area contributed by atoms with Crippen LogP contribution < -0.4 is 0 Å². The summed E-state index contributed by atoms with van der Waals surface area (Å²) in [4.78, 5) is 0. The third-order valence-electron chi connectivity index (χ3n) is 1.12. The molecule has 0 spiro atoms. The molecule has 0 atom stereocenters. The maximum Gasteiger partial charge on any atom is 0.0283 e. The molecule has 9 heavy (non-hydrogen) atoms. The van der Waals surface area contributed by atoms with Crippen LogP contribution in [0, 0.1) is 3.57 Å². The van der Waals surface area contributed by atoms with Gasteiger partial charge in [-0.05, 0) is 40.8 Å². The first-order valence-corrected chi connectivity index (χ1v) is 4.50. The quantitative estimate of drug-likeness (QED) is 0.524. The maximum atomic E-state index is 3.42. The van der Waals surface area contributed by atoms with Crippen LogP contribution in [0.25, 0.3) is 0 Å². The molecular formula is C7H6ISi. The van der Waals surface area contributed by atoms with Crippen LogP contribution in [0.3, 0.4) is 0 Å². The van der Waals surface area contributed by atoms with E-state index in [1.54, 1.807) is 0 Å². The molecule has 0 heterocycles. The molecule has 45 valence electrons.